The molecule has 3 aromatic rings. The molecule has 8 heteroatoms. The first-order valence-electron chi connectivity index (χ1n) is 8.68. The van der Waals surface area contributed by atoms with E-state index in [0.29, 0.717) is 38.5 Å². The van der Waals surface area contributed by atoms with Crippen LogP contribution in [-0.4, -0.2) is 30.9 Å². The number of halogens is 1. The van der Waals surface area contributed by atoms with Gasteiger partial charge in [0.15, 0.2) is 10.9 Å². The van der Waals surface area contributed by atoms with E-state index in [1.54, 1.807) is 37.4 Å². The molecule has 1 heterocycles. The highest BCUT2D eigenvalue weighted by molar-refractivity contribution is 7.14. The minimum Gasteiger partial charge on any atom is -0.496 e. The lowest BCUT2D eigenvalue weighted by Crippen LogP contribution is -2.15. The molecule has 29 heavy (non-hydrogen) atoms. The maximum absolute atomic E-state index is 12.5. The van der Waals surface area contributed by atoms with Crippen molar-refractivity contribution in [3.63, 3.8) is 0 Å². The minimum atomic E-state index is -0.252. The number of nitrogens with one attached hydrogen (secondary N) is 1. The zero-order chi connectivity index (χ0) is 21.0. The molecule has 150 valence electrons. The van der Waals surface area contributed by atoms with Crippen LogP contribution >= 0.6 is 22.9 Å². The van der Waals surface area contributed by atoms with E-state index in [0.717, 1.165) is 5.56 Å². The number of carbonyl (C=O) groups is 2. The zero-order valence-electron chi connectivity index (χ0n) is 16.1. The van der Waals surface area contributed by atoms with E-state index in [4.69, 9.17) is 21.1 Å². The van der Waals surface area contributed by atoms with Gasteiger partial charge in [-0.1, -0.05) is 11.6 Å². The molecule has 1 N–H and O–H groups in total. The highest BCUT2D eigenvalue weighted by Gasteiger charge is 2.14. The van der Waals surface area contributed by atoms with Crippen molar-refractivity contribution in [2.24, 2.45) is 0 Å². The Morgan fingerprint density at radius 3 is 2.48 bits per heavy atom. The topological polar surface area (TPSA) is 77.5 Å². The molecule has 0 atom stereocenters. The Labute approximate surface area is 177 Å². The van der Waals surface area contributed by atoms with E-state index >= 15 is 0 Å². The number of ether oxygens (including phenoxy) is 2. The van der Waals surface area contributed by atoms with Crippen LogP contribution in [0.2, 0.25) is 5.02 Å². The summed E-state index contributed by atoms with van der Waals surface area (Å²) in [5.41, 5.74) is 2.69. The SMILES string of the molecule is COc1ccc(-c2csc(NC(=O)Cc3cc(C(C)=O)ccc3OC)n2)cc1Cl. The van der Waals surface area contributed by atoms with Crippen LogP contribution in [0.25, 0.3) is 11.3 Å². The van der Waals surface area contributed by atoms with Crippen LogP contribution in [0.4, 0.5) is 5.13 Å². The van der Waals surface area contributed by atoms with Crippen LogP contribution < -0.4 is 14.8 Å². The second-order valence-corrected chi connectivity index (χ2v) is 7.46. The molecule has 3 rings (SSSR count). The van der Waals surface area contributed by atoms with E-state index in [1.807, 2.05) is 11.4 Å². The predicted octanol–water partition coefficient (Wildman–Crippen LogP) is 4.86. The average molecular weight is 431 g/mol. The van der Waals surface area contributed by atoms with Crippen LogP contribution in [0.5, 0.6) is 11.5 Å². The fraction of sp³-hybridized carbons (Fsp3) is 0.190. The number of methoxy groups -OCH3 is 2. The summed E-state index contributed by atoms with van der Waals surface area (Å²) in [6, 6.07) is 10.4. The van der Waals surface area contributed by atoms with Gasteiger partial charge in [0.1, 0.15) is 11.5 Å². The van der Waals surface area contributed by atoms with E-state index < -0.39 is 0 Å². The summed E-state index contributed by atoms with van der Waals surface area (Å²) in [6.45, 7) is 1.48. The van der Waals surface area contributed by atoms with Crippen molar-refractivity contribution >= 4 is 39.8 Å². The van der Waals surface area contributed by atoms with Gasteiger partial charge >= 0.3 is 0 Å². The average Bonchev–Trinajstić information content (AvgIpc) is 3.16. The third-order valence-corrected chi connectivity index (χ3v) is 5.29. The summed E-state index contributed by atoms with van der Waals surface area (Å²) in [4.78, 5) is 28.5. The number of ketones is 1. The fourth-order valence-corrected chi connectivity index (χ4v) is 3.76. The third kappa shape index (κ3) is 4.93. The van der Waals surface area contributed by atoms with Gasteiger partial charge in [0.25, 0.3) is 0 Å². The second-order valence-electron chi connectivity index (χ2n) is 6.19. The number of benzene rings is 2. The monoisotopic (exact) mass is 430 g/mol. The van der Waals surface area contributed by atoms with Gasteiger partial charge in [0.2, 0.25) is 5.91 Å². The van der Waals surface area contributed by atoms with Crippen molar-refractivity contribution in [3.8, 4) is 22.8 Å². The molecule has 0 bridgehead atoms. The molecule has 2 aromatic carbocycles. The number of hydrogen-bond acceptors (Lipinski definition) is 6. The first-order valence-corrected chi connectivity index (χ1v) is 9.94. The Bertz CT molecular complexity index is 1060. The first kappa shape index (κ1) is 20.8. The molecular formula is C21H19ClN2O4S. The number of rotatable bonds is 7. The van der Waals surface area contributed by atoms with Gasteiger partial charge in [-0.3, -0.25) is 9.59 Å². The molecule has 0 fully saturated rings. The summed E-state index contributed by atoms with van der Waals surface area (Å²) in [7, 11) is 3.08. The molecule has 0 saturated carbocycles. The van der Waals surface area contributed by atoms with Gasteiger partial charge in [-0.25, -0.2) is 4.98 Å². The number of carbonyl (C=O) groups excluding carboxylic acids is 2. The van der Waals surface area contributed by atoms with Gasteiger partial charge in [0, 0.05) is 22.1 Å². The number of Topliss-reactive ketones (excluding diaryl/α,β-unsaturated/α-hetero) is 1. The van der Waals surface area contributed by atoms with Crippen molar-refractivity contribution < 1.29 is 19.1 Å². The standard InChI is InChI=1S/C21H19ClN2O4S/c1-12(25)13-4-6-18(27-2)15(8-13)10-20(26)24-21-23-17(11-29-21)14-5-7-19(28-3)16(22)9-14/h4-9,11H,10H2,1-3H3,(H,23,24,26). The number of hydrogen-bond donors (Lipinski definition) is 1. The van der Waals surface area contributed by atoms with Gasteiger partial charge in [-0.2, -0.15) is 0 Å². The van der Waals surface area contributed by atoms with Crippen LogP contribution in [-0.2, 0) is 11.2 Å². The van der Waals surface area contributed by atoms with Gasteiger partial charge < -0.3 is 14.8 Å². The molecule has 0 aliphatic carbocycles. The highest BCUT2D eigenvalue weighted by Crippen LogP contribution is 2.32. The van der Waals surface area contributed by atoms with Crippen molar-refractivity contribution in [1.82, 2.24) is 4.98 Å². The molecule has 0 saturated heterocycles. The summed E-state index contributed by atoms with van der Waals surface area (Å²) in [6.07, 6.45) is 0.0631. The lowest BCUT2D eigenvalue weighted by molar-refractivity contribution is -0.115. The van der Waals surface area contributed by atoms with Crippen LogP contribution in [0, 0.1) is 0 Å². The second kappa shape index (κ2) is 9.07. The molecule has 1 aromatic heterocycles. The van der Waals surface area contributed by atoms with Crippen LogP contribution in [0.15, 0.2) is 41.8 Å². The Kier molecular flexibility index (Phi) is 6.51. The van der Waals surface area contributed by atoms with Crippen molar-refractivity contribution in [2.45, 2.75) is 13.3 Å². The number of nitrogens with zero attached hydrogens (tertiary/aromatic N) is 1. The number of anilines is 1. The Hall–Kier alpha value is -2.90. The fourth-order valence-electron chi connectivity index (χ4n) is 2.76. The van der Waals surface area contributed by atoms with Crippen LogP contribution in [0.1, 0.15) is 22.8 Å². The summed E-state index contributed by atoms with van der Waals surface area (Å²) in [5, 5.41) is 5.58. The van der Waals surface area contributed by atoms with Crippen molar-refractivity contribution in [2.75, 3.05) is 19.5 Å². The van der Waals surface area contributed by atoms with Gasteiger partial charge in [-0.05, 0) is 43.3 Å². The zero-order valence-corrected chi connectivity index (χ0v) is 17.7. The van der Waals surface area contributed by atoms with E-state index in [1.165, 1.54) is 25.4 Å². The Morgan fingerprint density at radius 1 is 1.10 bits per heavy atom. The van der Waals surface area contributed by atoms with E-state index in [-0.39, 0.29) is 18.1 Å². The third-order valence-electron chi connectivity index (χ3n) is 4.24. The van der Waals surface area contributed by atoms with E-state index in [2.05, 4.69) is 10.3 Å². The molecule has 1 amide bonds. The maximum atomic E-state index is 12.5. The number of amides is 1. The van der Waals surface area contributed by atoms with Crippen molar-refractivity contribution in [3.05, 3.63) is 57.9 Å². The molecule has 6 nitrogen and oxygen atoms in total. The number of aromatic nitrogens is 1. The lowest BCUT2D eigenvalue weighted by atomic mass is 10.0. The van der Waals surface area contributed by atoms with Gasteiger partial charge in [0.05, 0.1) is 31.4 Å². The molecule has 0 spiro atoms. The first-order chi connectivity index (χ1) is 13.9. The number of thiazole rings is 1. The molecular weight excluding hydrogens is 412 g/mol. The quantitative estimate of drug-likeness (QED) is 0.541. The highest BCUT2D eigenvalue weighted by atomic mass is 35.5. The summed E-state index contributed by atoms with van der Waals surface area (Å²) < 4.78 is 10.5. The van der Waals surface area contributed by atoms with Crippen LogP contribution in [0.3, 0.4) is 0 Å². The predicted molar refractivity (Wildman–Crippen MR) is 114 cm³/mol. The Balaban J connectivity index is 1.73. The smallest absolute Gasteiger partial charge is 0.230 e. The molecule has 0 aliphatic heterocycles. The minimum absolute atomic E-state index is 0.0631. The maximum Gasteiger partial charge on any atom is 0.230 e. The van der Waals surface area contributed by atoms with Crippen molar-refractivity contribution in [1.29, 1.82) is 0 Å². The molecule has 0 aliphatic rings. The molecule has 0 radical (unpaired) electrons. The van der Waals surface area contributed by atoms with E-state index in [9.17, 15) is 9.59 Å². The molecule has 0 unspecified atom stereocenters. The normalized spacial score (nSPS) is 10.5. The summed E-state index contributed by atoms with van der Waals surface area (Å²) >= 11 is 7.48. The van der Waals surface area contributed by atoms with Gasteiger partial charge in [-0.15, -0.1) is 11.3 Å². The summed E-state index contributed by atoms with van der Waals surface area (Å²) in [5.74, 6) is 0.813. The largest absolute Gasteiger partial charge is 0.496 e. The Morgan fingerprint density at radius 2 is 1.83 bits per heavy atom. The lowest BCUT2D eigenvalue weighted by Gasteiger charge is -2.09.